The van der Waals surface area contributed by atoms with Crippen LogP contribution in [0.3, 0.4) is 0 Å². The number of carbonyl (C=O) groups is 1. The number of hydrogen-bond acceptors (Lipinski definition) is 4. The zero-order chi connectivity index (χ0) is 21.7. The van der Waals surface area contributed by atoms with E-state index in [1.807, 2.05) is 0 Å². The van der Waals surface area contributed by atoms with E-state index < -0.39 is 5.60 Å². The third-order valence-corrected chi connectivity index (χ3v) is 11.8. The molecule has 4 nitrogen and oxygen atoms in total. The predicted octanol–water partition coefficient (Wildman–Crippen LogP) is 3.89. The highest BCUT2D eigenvalue weighted by atomic mass is 16.3. The lowest BCUT2D eigenvalue weighted by atomic mass is 9.51. The van der Waals surface area contributed by atoms with Gasteiger partial charge in [-0.25, -0.2) is 0 Å². The van der Waals surface area contributed by atoms with E-state index in [0.717, 1.165) is 44.6 Å². The maximum atomic E-state index is 13.2. The van der Waals surface area contributed by atoms with Gasteiger partial charge in [0.05, 0.1) is 11.7 Å². The van der Waals surface area contributed by atoms with Gasteiger partial charge in [0, 0.05) is 31.5 Å². The maximum absolute atomic E-state index is 13.2. The molecule has 10 unspecified atom stereocenters. The van der Waals surface area contributed by atoms with Crippen LogP contribution in [0.25, 0.3) is 0 Å². The van der Waals surface area contributed by atoms with Crippen molar-refractivity contribution in [2.45, 2.75) is 96.3 Å². The van der Waals surface area contributed by atoms with Crippen molar-refractivity contribution >= 4 is 5.78 Å². The predicted molar refractivity (Wildman–Crippen MR) is 120 cm³/mol. The number of aliphatic hydroxyl groups excluding tert-OH is 1. The second-order valence-corrected chi connectivity index (χ2v) is 13.2. The molecule has 0 radical (unpaired) electrons. The van der Waals surface area contributed by atoms with Crippen molar-refractivity contribution in [1.29, 1.82) is 0 Å². The molecule has 0 aromatic rings. The van der Waals surface area contributed by atoms with Gasteiger partial charge in [-0.15, -0.1) is 0 Å². The van der Waals surface area contributed by atoms with Crippen molar-refractivity contribution in [3.63, 3.8) is 0 Å². The van der Waals surface area contributed by atoms with Crippen molar-refractivity contribution in [1.82, 2.24) is 4.90 Å². The van der Waals surface area contributed by atoms with Gasteiger partial charge < -0.3 is 10.2 Å². The van der Waals surface area contributed by atoms with Crippen LogP contribution >= 0.6 is 0 Å². The van der Waals surface area contributed by atoms with Crippen LogP contribution in [0.5, 0.6) is 0 Å². The van der Waals surface area contributed by atoms with Crippen LogP contribution in [0.1, 0.15) is 78.6 Å². The molecule has 0 spiro atoms. The van der Waals surface area contributed by atoms with Crippen molar-refractivity contribution in [3.8, 4) is 0 Å². The Bertz CT molecular complexity index is 751. The molecule has 2 N–H and O–H groups in total. The van der Waals surface area contributed by atoms with E-state index in [4.69, 9.17) is 0 Å². The van der Waals surface area contributed by atoms with E-state index in [2.05, 4.69) is 25.7 Å². The number of ketones is 1. The maximum Gasteiger partial charge on any atom is 0.136 e. The normalized spacial score (nSPS) is 59.2. The zero-order valence-corrected chi connectivity index (χ0v) is 19.8. The molecule has 0 amide bonds. The second kappa shape index (κ2) is 7.03. The molecule has 174 valence electrons. The number of nitrogens with zero attached hydrogens (tertiary/aromatic N) is 1. The molecule has 2 aliphatic heterocycles. The van der Waals surface area contributed by atoms with Crippen molar-refractivity contribution < 1.29 is 15.0 Å². The largest absolute Gasteiger partial charge is 0.393 e. The fourth-order valence-electron chi connectivity index (χ4n) is 10.4. The smallest absolute Gasteiger partial charge is 0.136 e. The van der Waals surface area contributed by atoms with Crippen LogP contribution in [-0.2, 0) is 4.79 Å². The van der Waals surface area contributed by atoms with Gasteiger partial charge in [-0.05, 0) is 105 Å². The highest BCUT2D eigenvalue weighted by molar-refractivity contribution is 5.83. The molecule has 2 saturated heterocycles. The summed E-state index contributed by atoms with van der Waals surface area (Å²) in [5, 5.41) is 22.1. The molecule has 31 heavy (non-hydrogen) atoms. The van der Waals surface area contributed by atoms with Gasteiger partial charge in [0.15, 0.2) is 0 Å². The van der Waals surface area contributed by atoms with Crippen molar-refractivity contribution in [3.05, 3.63) is 0 Å². The summed E-state index contributed by atoms with van der Waals surface area (Å²) in [5.41, 5.74) is -0.482. The van der Waals surface area contributed by atoms with Gasteiger partial charge in [-0.2, -0.15) is 0 Å². The lowest BCUT2D eigenvalue weighted by molar-refractivity contribution is -0.175. The minimum atomic E-state index is -0.570. The fourth-order valence-corrected chi connectivity index (χ4v) is 10.4. The molecule has 2 heterocycles. The zero-order valence-electron chi connectivity index (χ0n) is 19.8. The Hall–Kier alpha value is -0.450. The lowest BCUT2D eigenvalue weighted by Gasteiger charge is -2.59. The first-order valence-corrected chi connectivity index (χ1v) is 13.4. The first-order valence-electron chi connectivity index (χ1n) is 13.4. The van der Waals surface area contributed by atoms with Gasteiger partial charge >= 0.3 is 0 Å². The molecule has 0 aromatic carbocycles. The van der Waals surface area contributed by atoms with Gasteiger partial charge in [0.2, 0.25) is 0 Å². The minimum Gasteiger partial charge on any atom is -0.393 e. The van der Waals surface area contributed by atoms with E-state index in [1.165, 1.54) is 25.8 Å². The molecular formula is C27H43NO3. The van der Waals surface area contributed by atoms with E-state index in [-0.39, 0.29) is 17.4 Å². The Labute approximate surface area is 188 Å². The third-order valence-electron chi connectivity index (χ3n) is 11.8. The summed E-state index contributed by atoms with van der Waals surface area (Å²) in [6.07, 6.45) is 9.08. The summed E-state index contributed by atoms with van der Waals surface area (Å²) in [4.78, 5) is 15.9. The molecule has 0 bridgehead atoms. The van der Waals surface area contributed by atoms with Gasteiger partial charge in [0.1, 0.15) is 5.78 Å². The average molecular weight is 430 g/mol. The molecule has 4 saturated carbocycles. The number of fused-ring (bicyclic) bond motifs is 8. The Morgan fingerprint density at radius 1 is 0.903 bits per heavy atom. The van der Waals surface area contributed by atoms with Gasteiger partial charge in [-0.1, -0.05) is 13.8 Å². The van der Waals surface area contributed by atoms with Crippen LogP contribution in [0.2, 0.25) is 0 Å². The van der Waals surface area contributed by atoms with Gasteiger partial charge in [-0.3, -0.25) is 9.69 Å². The number of hydrogen-bond donors (Lipinski definition) is 2. The molecule has 6 fully saturated rings. The third kappa shape index (κ3) is 2.93. The van der Waals surface area contributed by atoms with Crippen molar-refractivity contribution in [2.75, 3.05) is 13.1 Å². The molecule has 6 aliphatic rings. The molecular weight excluding hydrogens is 386 g/mol. The SMILES string of the molecule is CC1CCC2N(C1)CC1C3CC4C(CC(=O)C5CC(O)CC[C@@]54C)C3CCC1[C@]2(C)O. The summed E-state index contributed by atoms with van der Waals surface area (Å²) >= 11 is 0. The Morgan fingerprint density at radius 2 is 1.71 bits per heavy atom. The number of carbonyl (C=O) groups excluding carboxylic acids is 1. The Balaban J connectivity index is 1.31. The Morgan fingerprint density at radius 3 is 2.52 bits per heavy atom. The monoisotopic (exact) mass is 429 g/mol. The standard InChI is InChI=1S/C27H43NO3/c1-15-4-7-25-27(3,31)21-6-5-17-18(20(21)14-28(25)13-15)11-22-19(17)12-24(30)23-10-16(29)8-9-26(22,23)2/h15-23,25,29,31H,4-14H2,1-3H3/t15?,16?,17?,18?,19?,20?,21?,22?,23?,25?,26-,27+/m1/s1. The molecule has 0 aromatic heterocycles. The number of piperidine rings is 2. The van der Waals surface area contributed by atoms with E-state index in [9.17, 15) is 15.0 Å². The lowest BCUT2D eigenvalue weighted by Crippen LogP contribution is -2.67. The summed E-state index contributed by atoms with van der Waals surface area (Å²) in [5.74, 6) is 4.82. The fraction of sp³-hybridized carbons (Fsp3) is 0.963. The van der Waals surface area contributed by atoms with Crippen LogP contribution in [0.4, 0.5) is 0 Å². The Kier molecular flexibility index (Phi) is 4.78. The van der Waals surface area contributed by atoms with Gasteiger partial charge in [0.25, 0.3) is 0 Å². The molecule has 12 atom stereocenters. The second-order valence-electron chi connectivity index (χ2n) is 13.2. The highest BCUT2D eigenvalue weighted by Gasteiger charge is 2.64. The summed E-state index contributed by atoms with van der Waals surface area (Å²) in [7, 11) is 0. The number of aliphatic hydroxyl groups is 2. The quantitative estimate of drug-likeness (QED) is 0.613. The first-order chi connectivity index (χ1) is 14.7. The topological polar surface area (TPSA) is 60.8 Å². The minimum absolute atomic E-state index is 0.0789. The molecule has 6 rings (SSSR count). The molecule has 4 aliphatic carbocycles. The van der Waals surface area contributed by atoms with Crippen molar-refractivity contribution in [2.24, 2.45) is 52.8 Å². The summed E-state index contributed by atoms with van der Waals surface area (Å²) in [6.45, 7) is 9.23. The van der Waals surface area contributed by atoms with Crippen LogP contribution in [-0.4, -0.2) is 51.7 Å². The van der Waals surface area contributed by atoms with E-state index in [0.29, 0.717) is 53.8 Å². The molecule has 4 heteroatoms. The van der Waals surface area contributed by atoms with Crippen LogP contribution in [0, 0.1) is 52.8 Å². The average Bonchev–Trinajstić information content (AvgIpc) is 3.09. The summed E-state index contributed by atoms with van der Waals surface area (Å²) in [6, 6.07) is 0.341. The number of rotatable bonds is 0. The first kappa shape index (κ1) is 21.1. The number of Topliss-reactive ketones (excluding diaryl/α,β-unsaturated/α-hetero) is 1. The summed E-state index contributed by atoms with van der Waals surface area (Å²) < 4.78 is 0. The van der Waals surface area contributed by atoms with E-state index >= 15 is 0 Å². The van der Waals surface area contributed by atoms with E-state index in [1.54, 1.807) is 0 Å². The highest BCUT2D eigenvalue weighted by Crippen LogP contribution is 2.66. The van der Waals surface area contributed by atoms with Crippen LogP contribution in [0.15, 0.2) is 0 Å². The van der Waals surface area contributed by atoms with Crippen LogP contribution < -0.4 is 0 Å².